The van der Waals surface area contributed by atoms with Crippen LogP contribution in [0.5, 0.6) is 0 Å². The largest absolute Gasteiger partial charge is 0.246 e. The highest BCUT2D eigenvalue weighted by Gasteiger charge is 2.39. The molecule has 0 amide bonds. The zero-order valence-corrected chi connectivity index (χ0v) is 12.0. The van der Waals surface area contributed by atoms with Crippen LogP contribution in [0.25, 0.3) is 0 Å². The summed E-state index contributed by atoms with van der Waals surface area (Å²) in [4.78, 5) is -1.17. The molecule has 1 N–H and O–H groups in total. The van der Waals surface area contributed by atoms with E-state index in [2.05, 4.69) is 4.72 Å². The molecule has 0 saturated heterocycles. The Morgan fingerprint density at radius 1 is 1.15 bits per heavy atom. The maximum absolute atomic E-state index is 13.6. The van der Waals surface area contributed by atoms with Gasteiger partial charge < -0.3 is 0 Å². The van der Waals surface area contributed by atoms with Crippen LogP contribution in [0.3, 0.4) is 0 Å². The van der Waals surface area contributed by atoms with Gasteiger partial charge in [0.25, 0.3) is 0 Å². The van der Waals surface area contributed by atoms with Gasteiger partial charge in [0.2, 0.25) is 10.0 Å². The van der Waals surface area contributed by atoms with Gasteiger partial charge in [-0.25, -0.2) is 26.3 Å². The standard InChI is InChI=1S/C12H13ClF3NO2S/c13-7-12(3-1-2-4-12)17-20(18,19)11-9(15)5-8(14)6-10(11)16/h5-6,17H,1-4,7H2. The summed E-state index contributed by atoms with van der Waals surface area (Å²) < 4.78 is 66.5. The Hall–Kier alpha value is -0.790. The molecule has 0 bridgehead atoms. The monoisotopic (exact) mass is 327 g/mol. The Labute approximate surface area is 120 Å². The number of rotatable bonds is 4. The van der Waals surface area contributed by atoms with Crippen LogP contribution in [0.15, 0.2) is 17.0 Å². The third-order valence-corrected chi connectivity index (χ3v) is 5.54. The molecule has 8 heteroatoms. The molecule has 1 saturated carbocycles. The average molecular weight is 328 g/mol. The van der Waals surface area contributed by atoms with Crippen LogP contribution >= 0.6 is 11.6 Å². The molecule has 0 atom stereocenters. The van der Waals surface area contributed by atoms with Crippen LogP contribution in [-0.4, -0.2) is 19.8 Å². The molecular formula is C12H13ClF3NO2S. The molecule has 1 aromatic rings. The Morgan fingerprint density at radius 2 is 1.65 bits per heavy atom. The van der Waals surface area contributed by atoms with Crippen LogP contribution in [0.4, 0.5) is 13.2 Å². The SMILES string of the molecule is O=S(=O)(NC1(CCl)CCCC1)c1c(F)cc(F)cc1F. The van der Waals surface area contributed by atoms with Gasteiger partial charge in [-0.05, 0) is 12.8 Å². The lowest BCUT2D eigenvalue weighted by molar-refractivity contribution is 0.426. The van der Waals surface area contributed by atoms with E-state index in [-0.39, 0.29) is 5.88 Å². The third-order valence-electron chi connectivity index (χ3n) is 3.40. The molecule has 1 aliphatic rings. The first kappa shape index (κ1) is 15.6. The number of halogens is 4. The van der Waals surface area contributed by atoms with Crippen LogP contribution in [0.2, 0.25) is 0 Å². The number of nitrogens with one attached hydrogen (secondary N) is 1. The van der Waals surface area contributed by atoms with Gasteiger partial charge >= 0.3 is 0 Å². The topological polar surface area (TPSA) is 46.2 Å². The summed E-state index contributed by atoms with van der Waals surface area (Å²) in [5.74, 6) is -4.08. The smallest absolute Gasteiger partial charge is 0.207 e. The maximum atomic E-state index is 13.6. The van der Waals surface area contributed by atoms with E-state index < -0.39 is 37.9 Å². The van der Waals surface area contributed by atoms with E-state index >= 15 is 0 Å². The first-order valence-electron chi connectivity index (χ1n) is 6.04. The third kappa shape index (κ3) is 2.94. The minimum Gasteiger partial charge on any atom is -0.207 e. The molecule has 20 heavy (non-hydrogen) atoms. The first-order valence-corrected chi connectivity index (χ1v) is 8.06. The van der Waals surface area contributed by atoms with Crippen molar-refractivity contribution in [1.29, 1.82) is 0 Å². The Kier molecular flexibility index (Phi) is 4.32. The van der Waals surface area contributed by atoms with Gasteiger partial charge in [-0.2, -0.15) is 0 Å². The van der Waals surface area contributed by atoms with Crippen LogP contribution in [-0.2, 0) is 10.0 Å². The lowest BCUT2D eigenvalue weighted by Crippen LogP contribution is -2.48. The van der Waals surface area contributed by atoms with Crippen molar-refractivity contribution in [2.45, 2.75) is 36.1 Å². The van der Waals surface area contributed by atoms with E-state index in [1.54, 1.807) is 0 Å². The predicted molar refractivity (Wildman–Crippen MR) is 68.6 cm³/mol. The molecule has 0 radical (unpaired) electrons. The Morgan fingerprint density at radius 3 is 2.10 bits per heavy atom. The second-order valence-corrected chi connectivity index (χ2v) is 6.81. The van der Waals surface area contributed by atoms with E-state index in [9.17, 15) is 21.6 Å². The molecule has 1 aromatic carbocycles. The summed E-state index contributed by atoms with van der Waals surface area (Å²) in [5.41, 5.74) is -0.895. The number of alkyl halides is 1. The number of hydrogen-bond donors (Lipinski definition) is 1. The molecule has 2 rings (SSSR count). The van der Waals surface area contributed by atoms with Crippen molar-refractivity contribution in [2.75, 3.05) is 5.88 Å². The van der Waals surface area contributed by atoms with Crippen LogP contribution in [0, 0.1) is 17.5 Å². The number of benzene rings is 1. The predicted octanol–water partition coefficient (Wildman–Crippen LogP) is 2.93. The van der Waals surface area contributed by atoms with Crippen molar-refractivity contribution in [3.8, 4) is 0 Å². The average Bonchev–Trinajstić information content (AvgIpc) is 2.75. The van der Waals surface area contributed by atoms with Crippen molar-refractivity contribution in [3.63, 3.8) is 0 Å². The van der Waals surface area contributed by atoms with Crippen molar-refractivity contribution < 1.29 is 21.6 Å². The minimum absolute atomic E-state index is 0.0106. The molecular weight excluding hydrogens is 315 g/mol. The number of sulfonamides is 1. The highest BCUT2D eigenvalue weighted by atomic mass is 35.5. The summed E-state index contributed by atoms with van der Waals surface area (Å²) in [6, 6.07) is 0.666. The molecule has 0 unspecified atom stereocenters. The summed E-state index contributed by atoms with van der Waals surface area (Å²) >= 11 is 5.79. The van der Waals surface area contributed by atoms with E-state index in [0.29, 0.717) is 25.0 Å². The first-order chi connectivity index (χ1) is 9.30. The zero-order valence-electron chi connectivity index (χ0n) is 10.4. The summed E-state index contributed by atoms with van der Waals surface area (Å²) in [6.07, 6.45) is 2.56. The van der Waals surface area contributed by atoms with Crippen molar-refractivity contribution in [2.24, 2.45) is 0 Å². The number of hydrogen-bond acceptors (Lipinski definition) is 2. The fraction of sp³-hybridized carbons (Fsp3) is 0.500. The van der Waals surface area contributed by atoms with Gasteiger partial charge in [-0.1, -0.05) is 12.8 Å². The van der Waals surface area contributed by atoms with E-state index in [1.165, 1.54) is 0 Å². The second-order valence-electron chi connectivity index (χ2n) is 4.93. The second kappa shape index (κ2) is 5.54. The zero-order chi connectivity index (χ0) is 15.0. The van der Waals surface area contributed by atoms with Gasteiger partial charge in [-0.3, -0.25) is 0 Å². The molecule has 0 aliphatic heterocycles. The summed E-state index contributed by atoms with van der Waals surface area (Å²) in [5, 5.41) is 0. The van der Waals surface area contributed by atoms with Gasteiger partial charge in [0.15, 0.2) is 4.90 Å². The fourth-order valence-electron chi connectivity index (χ4n) is 2.44. The quantitative estimate of drug-likeness (QED) is 0.864. The molecule has 1 aliphatic carbocycles. The maximum Gasteiger partial charge on any atom is 0.246 e. The lowest BCUT2D eigenvalue weighted by atomic mass is 10.0. The van der Waals surface area contributed by atoms with Crippen LogP contribution in [0.1, 0.15) is 25.7 Å². The minimum atomic E-state index is -4.44. The molecule has 0 spiro atoms. The molecule has 0 heterocycles. The van der Waals surface area contributed by atoms with Crippen molar-refractivity contribution in [1.82, 2.24) is 4.72 Å². The molecule has 3 nitrogen and oxygen atoms in total. The van der Waals surface area contributed by atoms with Gasteiger partial charge in [0, 0.05) is 23.6 Å². The summed E-state index contributed by atoms with van der Waals surface area (Å²) in [7, 11) is -4.44. The van der Waals surface area contributed by atoms with E-state index in [4.69, 9.17) is 11.6 Å². The van der Waals surface area contributed by atoms with Gasteiger partial charge in [-0.15, -0.1) is 11.6 Å². The highest BCUT2D eigenvalue weighted by molar-refractivity contribution is 7.89. The Bertz CT molecular complexity index is 592. The van der Waals surface area contributed by atoms with Gasteiger partial charge in [0.05, 0.1) is 0 Å². The van der Waals surface area contributed by atoms with Crippen molar-refractivity contribution >= 4 is 21.6 Å². The van der Waals surface area contributed by atoms with Gasteiger partial charge in [0.1, 0.15) is 17.5 Å². The molecule has 1 fully saturated rings. The lowest BCUT2D eigenvalue weighted by Gasteiger charge is -2.27. The highest BCUT2D eigenvalue weighted by Crippen LogP contribution is 2.33. The molecule has 112 valence electrons. The van der Waals surface area contributed by atoms with Crippen LogP contribution < -0.4 is 4.72 Å². The Balaban J connectivity index is 2.41. The van der Waals surface area contributed by atoms with E-state index in [1.807, 2.05) is 0 Å². The summed E-state index contributed by atoms with van der Waals surface area (Å²) in [6.45, 7) is 0. The van der Waals surface area contributed by atoms with Crippen molar-refractivity contribution in [3.05, 3.63) is 29.6 Å². The fourth-order valence-corrected chi connectivity index (χ4v) is 4.43. The molecule has 0 aromatic heterocycles. The normalized spacial score (nSPS) is 18.4. The van der Waals surface area contributed by atoms with E-state index in [0.717, 1.165) is 12.8 Å².